The van der Waals surface area contributed by atoms with Gasteiger partial charge in [-0.3, -0.25) is 9.59 Å². The number of rotatable bonds is 3. The van der Waals surface area contributed by atoms with Crippen molar-refractivity contribution < 1.29 is 9.59 Å². The van der Waals surface area contributed by atoms with E-state index in [2.05, 4.69) is 4.98 Å². The largest absolute Gasteiger partial charge is 0.337 e. The van der Waals surface area contributed by atoms with Crippen molar-refractivity contribution >= 4 is 28.1 Å². The molecule has 1 aliphatic rings. The van der Waals surface area contributed by atoms with Crippen LogP contribution < -0.4 is 0 Å². The Morgan fingerprint density at radius 1 is 0.966 bits per heavy atom. The van der Waals surface area contributed by atoms with Crippen LogP contribution >= 0.6 is 0 Å². The molecule has 0 saturated carbocycles. The van der Waals surface area contributed by atoms with E-state index in [0.717, 1.165) is 34.8 Å². The van der Waals surface area contributed by atoms with Crippen LogP contribution in [0.3, 0.4) is 0 Å². The van der Waals surface area contributed by atoms with Crippen molar-refractivity contribution in [2.24, 2.45) is 5.92 Å². The topological polar surface area (TPSA) is 54.7 Å². The van der Waals surface area contributed by atoms with E-state index < -0.39 is 0 Å². The van der Waals surface area contributed by atoms with Crippen LogP contribution in [0.5, 0.6) is 0 Å². The van der Waals surface area contributed by atoms with Gasteiger partial charge < -0.3 is 9.30 Å². The number of likely N-dealkylation sites (tertiary alicyclic amines) is 1. The molecule has 1 atom stereocenters. The van der Waals surface area contributed by atoms with Gasteiger partial charge in [-0.25, -0.2) is 4.98 Å². The first-order valence-corrected chi connectivity index (χ1v) is 9.95. The van der Waals surface area contributed by atoms with E-state index in [-0.39, 0.29) is 17.6 Å². The molecule has 0 spiro atoms. The Morgan fingerprint density at radius 3 is 2.66 bits per heavy atom. The van der Waals surface area contributed by atoms with Crippen LogP contribution in [0.1, 0.15) is 33.7 Å². The van der Waals surface area contributed by atoms with Crippen molar-refractivity contribution in [2.45, 2.75) is 12.8 Å². The van der Waals surface area contributed by atoms with E-state index >= 15 is 0 Å². The fourth-order valence-corrected chi connectivity index (χ4v) is 4.15. The van der Waals surface area contributed by atoms with Crippen LogP contribution in [0.2, 0.25) is 0 Å². The number of Topliss-reactive ketones (excluding diaryl/α,β-unsaturated/α-hetero) is 1. The van der Waals surface area contributed by atoms with Crippen LogP contribution in [0, 0.1) is 5.92 Å². The van der Waals surface area contributed by atoms with E-state index in [4.69, 9.17) is 0 Å². The normalized spacial score (nSPS) is 17.0. The second-order valence-corrected chi connectivity index (χ2v) is 7.61. The lowest BCUT2D eigenvalue weighted by atomic mass is 9.89. The summed E-state index contributed by atoms with van der Waals surface area (Å²) in [4.78, 5) is 32.3. The molecule has 3 heterocycles. The molecule has 0 bridgehead atoms. The van der Waals surface area contributed by atoms with Gasteiger partial charge in [0.25, 0.3) is 5.91 Å². The Labute approximate surface area is 168 Å². The monoisotopic (exact) mass is 383 g/mol. The molecule has 144 valence electrons. The van der Waals surface area contributed by atoms with Gasteiger partial charge in [-0.15, -0.1) is 0 Å². The first-order chi connectivity index (χ1) is 14.2. The number of piperidine rings is 1. The Kier molecular flexibility index (Phi) is 4.35. The van der Waals surface area contributed by atoms with Crippen LogP contribution in [0.15, 0.2) is 73.1 Å². The second-order valence-electron chi connectivity index (χ2n) is 7.61. The van der Waals surface area contributed by atoms with E-state index in [9.17, 15) is 9.59 Å². The quantitative estimate of drug-likeness (QED) is 0.498. The highest BCUT2D eigenvalue weighted by Crippen LogP contribution is 2.24. The summed E-state index contributed by atoms with van der Waals surface area (Å²) in [5.74, 6) is -0.168. The van der Waals surface area contributed by atoms with Crippen LogP contribution in [0.4, 0.5) is 0 Å². The fraction of sp³-hybridized carbons (Fsp3) is 0.208. The Bertz CT molecular complexity index is 1190. The number of carbonyl (C=O) groups is 2. The van der Waals surface area contributed by atoms with Crippen LogP contribution in [-0.4, -0.2) is 39.1 Å². The Morgan fingerprint density at radius 2 is 1.79 bits per heavy atom. The molecule has 2 aromatic heterocycles. The lowest BCUT2D eigenvalue weighted by Crippen LogP contribution is -2.42. The summed E-state index contributed by atoms with van der Waals surface area (Å²) in [6.45, 7) is 1.10. The van der Waals surface area contributed by atoms with Gasteiger partial charge in [0.05, 0.1) is 0 Å². The van der Waals surface area contributed by atoms with Gasteiger partial charge in [-0.2, -0.15) is 0 Å². The van der Waals surface area contributed by atoms with E-state index in [1.54, 1.807) is 11.1 Å². The van der Waals surface area contributed by atoms with E-state index in [0.29, 0.717) is 18.8 Å². The average molecular weight is 383 g/mol. The molecule has 4 aromatic rings. The molecule has 5 rings (SSSR count). The van der Waals surface area contributed by atoms with Crippen molar-refractivity contribution in [3.05, 3.63) is 84.3 Å². The molecule has 29 heavy (non-hydrogen) atoms. The summed E-state index contributed by atoms with van der Waals surface area (Å²) in [7, 11) is 0. The molecule has 5 nitrogen and oxygen atoms in total. The summed E-state index contributed by atoms with van der Waals surface area (Å²) in [5.41, 5.74) is 1.89. The molecule has 1 saturated heterocycles. The Hall–Kier alpha value is -3.47. The van der Waals surface area contributed by atoms with Gasteiger partial charge >= 0.3 is 0 Å². The van der Waals surface area contributed by atoms with Crippen molar-refractivity contribution in [3.8, 4) is 0 Å². The van der Waals surface area contributed by atoms with Crippen molar-refractivity contribution in [1.29, 1.82) is 0 Å². The molecule has 0 N–H and O–H groups in total. The van der Waals surface area contributed by atoms with Gasteiger partial charge in [0, 0.05) is 37.0 Å². The number of amides is 1. The maximum atomic E-state index is 13.1. The number of benzene rings is 2. The van der Waals surface area contributed by atoms with Crippen LogP contribution in [-0.2, 0) is 0 Å². The number of pyridine rings is 1. The zero-order chi connectivity index (χ0) is 19.8. The van der Waals surface area contributed by atoms with Crippen molar-refractivity contribution in [2.75, 3.05) is 13.1 Å². The Balaban J connectivity index is 1.36. The molecular weight excluding hydrogens is 362 g/mol. The van der Waals surface area contributed by atoms with Gasteiger partial charge in [0.1, 0.15) is 11.3 Å². The maximum Gasteiger partial charge on any atom is 0.274 e. The number of hydrogen-bond donors (Lipinski definition) is 0. The molecule has 1 aliphatic heterocycles. The fourth-order valence-electron chi connectivity index (χ4n) is 4.15. The number of hydrogen-bond acceptors (Lipinski definition) is 3. The molecule has 1 amide bonds. The van der Waals surface area contributed by atoms with E-state index in [1.807, 2.05) is 71.3 Å². The first kappa shape index (κ1) is 17.6. The highest BCUT2D eigenvalue weighted by atomic mass is 16.2. The lowest BCUT2D eigenvalue weighted by Gasteiger charge is -2.31. The van der Waals surface area contributed by atoms with E-state index in [1.165, 1.54) is 0 Å². The number of nitrogens with zero attached hydrogens (tertiary/aromatic N) is 3. The third-order valence-corrected chi connectivity index (χ3v) is 5.70. The van der Waals surface area contributed by atoms with Gasteiger partial charge in [0.2, 0.25) is 0 Å². The molecule has 0 radical (unpaired) electrons. The smallest absolute Gasteiger partial charge is 0.274 e. The number of imidazole rings is 1. The summed E-state index contributed by atoms with van der Waals surface area (Å²) in [6.07, 6.45) is 5.26. The third kappa shape index (κ3) is 3.29. The standard InChI is InChI=1S/C24H21N3O2/c28-23(19-11-10-17-6-1-2-7-18(17)14-19)20-8-5-13-27(15-20)24(29)21-16-26-12-4-3-9-22(26)25-21/h1-4,6-7,9-12,14,16,20H,5,8,13,15H2/t20-/m0/s1. The highest BCUT2D eigenvalue weighted by molar-refractivity contribution is 6.02. The summed E-state index contributed by atoms with van der Waals surface area (Å²) < 4.78 is 1.84. The molecule has 5 heteroatoms. The van der Waals surface area contributed by atoms with Gasteiger partial charge in [0.15, 0.2) is 5.78 Å². The average Bonchev–Trinajstić information content (AvgIpc) is 3.22. The zero-order valence-corrected chi connectivity index (χ0v) is 16.0. The molecule has 2 aromatic carbocycles. The minimum atomic E-state index is -0.175. The number of ketones is 1. The highest BCUT2D eigenvalue weighted by Gasteiger charge is 2.30. The van der Waals surface area contributed by atoms with Gasteiger partial charge in [-0.1, -0.05) is 42.5 Å². The predicted molar refractivity (Wildman–Crippen MR) is 112 cm³/mol. The molecular formula is C24H21N3O2. The van der Waals surface area contributed by atoms with Crippen molar-refractivity contribution in [1.82, 2.24) is 14.3 Å². The maximum absolute atomic E-state index is 13.1. The lowest BCUT2D eigenvalue weighted by molar-refractivity contribution is 0.0632. The molecule has 1 fully saturated rings. The molecule has 0 aliphatic carbocycles. The van der Waals surface area contributed by atoms with Crippen LogP contribution in [0.25, 0.3) is 16.4 Å². The first-order valence-electron chi connectivity index (χ1n) is 9.95. The zero-order valence-electron chi connectivity index (χ0n) is 16.0. The van der Waals surface area contributed by atoms with Crippen molar-refractivity contribution in [3.63, 3.8) is 0 Å². The second kappa shape index (κ2) is 7.17. The summed E-state index contributed by atoms with van der Waals surface area (Å²) in [6, 6.07) is 19.6. The molecule has 0 unspecified atom stereocenters. The minimum absolute atomic E-state index is 0.107. The summed E-state index contributed by atoms with van der Waals surface area (Å²) in [5, 5.41) is 2.18. The number of aromatic nitrogens is 2. The summed E-state index contributed by atoms with van der Waals surface area (Å²) >= 11 is 0. The minimum Gasteiger partial charge on any atom is -0.337 e. The van der Waals surface area contributed by atoms with Gasteiger partial charge in [-0.05, 0) is 41.8 Å². The number of carbonyl (C=O) groups excluding carboxylic acids is 2. The predicted octanol–water partition coefficient (Wildman–Crippen LogP) is 4.22. The third-order valence-electron chi connectivity index (χ3n) is 5.70. The number of fused-ring (bicyclic) bond motifs is 2. The SMILES string of the molecule is O=C(c1ccc2ccccc2c1)[C@H]1CCCN(C(=O)c2cn3ccccc3n2)C1.